The van der Waals surface area contributed by atoms with Gasteiger partial charge in [-0.1, -0.05) is 12.1 Å². The van der Waals surface area contributed by atoms with Crippen LogP contribution < -0.4 is 10.0 Å². The highest BCUT2D eigenvalue weighted by molar-refractivity contribution is 7.90. The molecule has 26 heavy (non-hydrogen) atoms. The van der Waals surface area contributed by atoms with E-state index in [9.17, 15) is 22.8 Å². The Balaban J connectivity index is 1.99. The van der Waals surface area contributed by atoms with Crippen LogP contribution in [0.5, 0.6) is 0 Å². The number of nitrogens with zero attached hydrogens (tertiary/aromatic N) is 1. The number of benzene rings is 1. The average Bonchev–Trinajstić information content (AvgIpc) is 2.83. The van der Waals surface area contributed by atoms with Crippen LogP contribution in [0.4, 0.5) is 4.79 Å². The third-order valence-corrected chi connectivity index (χ3v) is 4.59. The van der Waals surface area contributed by atoms with Crippen LogP contribution in [0.1, 0.15) is 19.4 Å². The van der Waals surface area contributed by atoms with Crippen molar-refractivity contribution < 1.29 is 32.3 Å². The zero-order chi connectivity index (χ0) is 19.3. The van der Waals surface area contributed by atoms with Gasteiger partial charge in [0, 0.05) is 5.56 Å². The van der Waals surface area contributed by atoms with Crippen LogP contribution in [0.3, 0.4) is 0 Å². The van der Waals surface area contributed by atoms with E-state index in [4.69, 9.17) is 4.74 Å². The highest BCUT2D eigenvalue weighted by atomic mass is 32.2. The van der Waals surface area contributed by atoms with Gasteiger partial charge >= 0.3 is 12.1 Å². The maximum absolute atomic E-state index is 12.0. The van der Waals surface area contributed by atoms with Crippen molar-refractivity contribution in [1.29, 1.82) is 0 Å². The summed E-state index contributed by atoms with van der Waals surface area (Å²) in [7, 11) is -3.72. The number of alkyl carbamates (subject to hydrolysis) is 1. The van der Waals surface area contributed by atoms with Gasteiger partial charge in [0.1, 0.15) is 11.9 Å². The van der Waals surface area contributed by atoms with E-state index in [0.717, 1.165) is 0 Å². The Morgan fingerprint density at radius 1 is 1.23 bits per heavy atom. The van der Waals surface area contributed by atoms with Gasteiger partial charge < -0.3 is 9.47 Å². The van der Waals surface area contributed by atoms with Crippen molar-refractivity contribution >= 4 is 33.8 Å². The molecule has 0 aliphatic carbocycles. The van der Waals surface area contributed by atoms with E-state index < -0.39 is 40.6 Å². The number of amidine groups is 1. The van der Waals surface area contributed by atoms with E-state index in [1.807, 2.05) is 5.32 Å². The third kappa shape index (κ3) is 4.57. The van der Waals surface area contributed by atoms with Crippen molar-refractivity contribution in [3.05, 3.63) is 29.8 Å². The molecule has 10 nitrogen and oxygen atoms in total. The van der Waals surface area contributed by atoms with Gasteiger partial charge in [-0.3, -0.25) is 19.8 Å². The summed E-state index contributed by atoms with van der Waals surface area (Å²) in [6.07, 6.45) is -0.946. The number of hydrogen-bond acceptors (Lipinski definition) is 8. The zero-order valence-corrected chi connectivity index (χ0v) is 14.8. The number of nitrogens with one attached hydrogen (secondary N) is 2. The van der Waals surface area contributed by atoms with Crippen molar-refractivity contribution in [2.45, 2.75) is 24.8 Å². The fourth-order valence-corrected chi connectivity index (χ4v) is 3.29. The number of rotatable bonds is 5. The lowest BCUT2D eigenvalue weighted by Gasteiger charge is -2.09. The fourth-order valence-electron chi connectivity index (χ4n) is 2.05. The Bertz CT molecular complexity index is 864. The summed E-state index contributed by atoms with van der Waals surface area (Å²) in [6.45, 7) is 2.34. The minimum Gasteiger partial charge on any atom is -0.454 e. The van der Waals surface area contributed by atoms with E-state index in [2.05, 4.69) is 14.5 Å². The van der Waals surface area contributed by atoms with Crippen molar-refractivity contribution in [3.63, 3.8) is 0 Å². The molecule has 0 aromatic heterocycles. The van der Waals surface area contributed by atoms with Gasteiger partial charge in [-0.15, -0.1) is 0 Å². The molecule has 1 aliphatic rings. The molecule has 1 aromatic rings. The lowest BCUT2D eigenvalue weighted by atomic mass is 10.2. The summed E-state index contributed by atoms with van der Waals surface area (Å²) in [5.41, 5.74) is 0.340. The normalized spacial score (nSPS) is 16.9. The van der Waals surface area contributed by atoms with E-state index in [0.29, 0.717) is 5.56 Å². The van der Waals surface area contributed by atoms with Gasteiger partial charge in [-0.2, -0.15) is 0 Å². The molecule has 0 radical (unpaired) electrons. The molecule has 0 fully saturated rings. The van der Waals surface area contributed by atoms with Gasteiger partial charge in [0.15, 0.2) is 6.61 Å². The standard InChI is InChI=1S/C15H17N3O7S/c1-3-24-15(21)17-12(19)8-25-14(20)9(2)16-13-10-6-4-5-7-11(10)26(22,23)18-13/h4-7,9H,3,8H2,1-2H3,(H,16,18)(H,17,19,21). The predicted octanol–water partition coefficient (Wildman–Crippen LogP) is -0.0705. The monoisotopic (exact) mass is 383 g/mol. The maximum atomic E-state index is 12.0. The molecule has 0 bridgehead atoms. The first-order valence-electron chi connectivity index (χ1n) is 7.58. The molecule has 0 spiro atoms. The molecule has 1 heterocycles. The molecular formula is C15H17N3O7S. The Hall–Kier alpha value is -2.95. The van der Waals surface area contributed by atoms with Crippen molar-refractivity contribution in [1.82, 2.24) is 10.0 Å². The van der Waals surface area contributed by atoms with Crippen molar-refractivity contribution in [2.75, 3.05) is 13.2 Å². The van der Waals surface area contributed by atoms with Crippen LogP contribution >= 0.6 is 0 Å². The highest BCUT2D eigenvalue weighted by Crippen LogP contribution is 2.22. The van der Waals surface area contributed by atoms with Crippen molar-refractivity contribution in [2.24, 2.45) is 4.99 Å². The second kappa shape index (κ2) is 7.95. The molecule has 1 aliphatic heterocycles. The van der Waals surface area contributed by atoms with E-state index >= 15 is 0 Å². The van der Waals surface area contributed by atoms with Gasteiger partial charge in [0.05, 0.1) is 11.5 Å². The van der Waals surface area contributed by atoms with Crippen LogP contribution in [0.15, 0.2) is 34.2 Å². The number of aliphatic imine (C=N–C) groups is 1. The average molecular weight is 383 g/mol. The van der Waals surface area contributed by atoms with Gasteiger partial charge in [-0.25, -0.2) is 18.0 Å². The number of carbonyl (C=O) groups is 3. The summed E-state index contributed by atoms with van der Waals surface area (Å²) >= 11 is 0. The van der Waals surface area contributed by atoms with Crippen LogP contribution in [-0.4, -0.2) is 51.5 Å². The predicted molar refractivity (Wildman–Crippen MR) is 88.9 cm³/mol. The van der Waals surface area contributed by atoms with Crippen LogP contribution in [-0.2, 0) is 29.1 Å². The van der Waals surface area contributed by atoms with Gasteiger partial charge in [-0.05, 0) is 26.0 Å². The quantitative estimate of drug-likeness (QED) is 0.678. The molecule has 0 saturated carbocycles. The van der Waals surface area contributed by atoms with Gasteiger partial charge in [0.2, 0.25) is 0 Å². The number of sulfonamides is 1. The van der Waals surface area contributed by atoms with E-state index in [1.165, 1.54) is 13.0 Å². The number of ether oxygens (including phenoxy) is 2. The fraction of sp³-hybridized carbons (Fsp3) is 0.333. The number of hydrogen-bond donors (Lipinski definition) is 2. The Labute approximate surface area is 149 Å². The molecule has 1 aromatic carbocycles. The number of fused-ring (bicyclic) bond motifs is 1. The molecule has 1 unspecified atom stereocenters. The molecule has 11 heteroatoms. The highest BCUT2D eigenvalue weighted by Gasteiger charge is 2.31. The number of imide groups is 1. The summed E-state index contributed by atoms with van der Waals surface area (Å²) in [6, 6.07) is 5.11. The second-order valence-electron chi connectivity index (χ2n) is 5.13. The smallest absolute Gasteiger partial charge is 0.413 e. The topological polar surface area (TPSA) is 140 Å². The Kier molecular flexibility index (Phi) is 5.93. The summed E-state index contributed by atoms with van der Waals surface area (Å²) < 4.78 is 35.5. The van der Waals surface area contributed by atoms with Crippen molar-refractivity contribution in [3.8, 4) is 0 Å². The minimum absolute atomic E-state index is 0.0148. The zero-order valence-electron chi connectivity index (χ0n) is 14.0. The lowest BCUT2D eigenvalue weighted by Crippen LogP contribution is -2.35. The SMILES string of the molecule is CCOC(=O)NC(=O)COC(=O)C(C)N=C1NS(=O)(=O)c2ccccc21. The molecule has 2 amide bonds. The lowest BCUT2D eigenvalue weighted by molar-refractivity contribution is -0.149. The maximum Gasteiger partial charge on any atom is 0.413 e. The number of esters is 1. The largest absolute Gasteiger partial charge is 0.454 e. The molecule has 1 atom stereocenters. The first-order valence-corrected chi connectivity index (χ1v) is 9.06. The molecule has 2 N–H and O–H groups in total. The number of carbonyl (C=O) groups excluding carboxylic acids is 3. The second-order valence-corrected chi connectivity index (χ2v) is 6.78. The van der Waals surface area contributed by atoms with E-state index in [1.54, 1.807) is 25.1 Å². The van der Waals surface area contributed by atoms with Crippen LogP contribution in [0, 0.1) is 0 Å². The summed E-state index contributed by atoms with van der Waals surface area (Å²) in [4.78, 5) is 38.5. The van der Waals surface area contributed by atoms with Crippen LogP contribution in [0.2, 0.25) is 0 Å². The molecule has 140 valence electrons. The first-order chi connectivity index (χ1) is 12.2. The van der Waals surface area contributed by atoms with E-state index in [-0.39, 0.29) is 17.3 Å². The Morgan fingerprint density at radius 2 is 1.92 bits per heavy atom. The molecular weight excluding hydrogens is 366 g/mol. The molecule has 2 rings (SSSR count). The summed E-state index contributed by atoms with van der Waals surface area (Å²) in [5.74, 6) is -1.70. The minimum atomic E-state index is -3.72. The number of amides is 2. The van der Waals surface area contributed by atoms with Gasteiger partial charge in [0.25, 0.3) is 15.9 Å². The summed E-state index contributed by atoms with van der Waals surface area (Å²) in [5, 5.41) is 1.87. The Morgan fingerprint density at radius 3 is 2.62 bits per heavy atom. The molecule has 0 saturated heterocycles. The first kappa shape index (κ1) is 19.4. The van der Waals surface area contributed by atoms with Crippen LogP contribution in [0.25, 0.3) is 0 Å². The third-order valence-electron chi connectivity index (χ3n) is 3.19.